The lowest BCUT2D eigenvalue weighted by atomic mass is 10.3. The smallest absolute Gasteiger partial charge is 0.213 e. The van der Waals surface area contributed by atoms with E-state index in [1.807, 2.05) is 25.3 Å². The maximum Gasteiger partial charge on any atom is 0.213 e. The monoisotopic (exact) mass is 326 g/mol. The summed E-state index contributed by atoms with van der Waals surface area (Å²) >= 11 is 0. The van der Waals surface area contributed by atoms with Gasteiger partial charge in [0.05, 0.1) is 12.2 Å². The Balaban J connectivity index is 1.42. The SMILES string of the molecule is Cc1ccn(-c2cc(N3CCN(Cc4ncon4)CC3)ncn2)n1. The first-order valence-corrected chi connectivity index (χ1v) is 7.85. The van der Waals surface area contributed by atoms with Gasteiger partial charge in [0.25, 0.3) is 0 Å². The topological polar surface area (TPSA) is 89.0 Å². The summed E-state index contributed by atoms with van der Waals surface area (Å²) < 4.78 is 6.55. The molecule has 0 spiro atoms. The van der Waals surface area contributed by atoms with E-state index in [-0.39, 0.29) is 0 Å². The summed E-state index contributed by atoms with van der Waals surface area (Å²) in [6.45, 7) is 6.32. The van der Waals surface area contributed by atoms with Crippen LogP contribution < -0.4 is 4.90 Å². The molecule has 1 aliphatic heterocycles. The number of rotatable bonds is 4. The van der Waals surface area contributed by atoms with Crippen molar-refractivity contribution in [3.63, 3.8) is 0 Å². The van der Waals surface area contributed by atoms with Gasteiger partial charge in [-0.3, -0.25) is 4.90 Å². The molecule has 0 saturated carbocycles. The molecule has 124 valence electrons. The largest absolute Gasteiger partial charge is 0.354 e. The van der Waals surface area contributed by atoms with Crippen molar-refractivity contribution < 1.29 is 4.52 Å². The quantitative estimate of drug-likeness (QED) is 0.691. The normalized spacial score (nSPS) is 15.8. The molecule has 24 heavy (non-hydrogen) atoms. The van der Waals surface area contributed by atoms with E-state index >= 15 is 0 Å². The minimum atomic E-state index is 0.714. The summed E-state index contributed by atoms with van der Waals surface area (Å²) in [6.07, 6.45) is 4.86. The molecular formula is C15H18N8O. The van der Waals surface area contributed by atoms with E-state index in [1.54, 1.807) is 11.0 Å². The first-order chi connectivity index (χ1) is 11.8. The van der Waals surface area contributed by atoms with E-state index in [2.05, 4.69) is 35.0 Å². The molecule has 4 rings (SSSR count). The van der Waals surface area contributed by atoms with Crippen LogP contribution in [0.5, 0.6) is 0 Å². The predicted molar refractivity (Wildman–Crippen MR) is 85.7 cm³/mol. The van der Waals surface area contributed by atoms with Crippen molar-refractivity contribution in [2.75, 3.05) is 31.1 Å². The predicted octanol–water partition coefficient (Wildman–Crippen LogP) is 0.676. The highest BCUT2D eigenvalue weighted by Crippen LogP contribution is 2.16. The molecule has 9 heteroatoms. The summed E-state index contributed by atoms with van der Waals surface area (Å²) in [7, 11) is 0. The van der Waals surface area contributed by atoms with Crippen molar-refractivity contribution in [3.05, 3.63) is 42.6 Å². The third kappa shape index (κ3) is 3.11. The first kappa shape index (κ1) is 14.8. The summed E-state index contributed by atoms with van der Waals surface area (Å²) in [5.41, 5.74) is 0.963. The Kier molecular flexibility index (Phi) is 3.91. The van der Waals surface area contributed by atoms with Gasteiger partial charge in [0.2, 0.25) is 6.39 Å². The average Bonchev–Trinajstić information content (AvgIpc) is 3.27. The molecule has 3 aromatic heterocycles. The van der Waals surface area contributed by atoms with Gasteiger partial charge in [-0.1, -0.05) is 5.16 Å². The maximum atomic E-state index is 4.78. The van der Waals surface area contributed by atoms with Crippen LogP contribution in [0.1, 0.15) is 11.5 Å². The summed E-state index contributed by atoms with van der Waals surface area (Å²) in [6, 6.07) is 3.93. The van der Waals surface area contributed by atoms with Gasteiger partial charge >= 0.3 is 0 Å². The maximum absolute atomic E-state index is 4.78. The van der Waals surface area contributed by atoms with Crippen molar-refractivity contribution in [2.45, 2.75) is 13.5 Å². The van der Waals surface area contributed by atoms with Crippen LogP contribution in [-0.2, 0) is 6.54 Å². The molecule has 0 N–H and O–H groups in total. The zero-order valence-corrected chi connectivity index (χ0v) is 13.4. The van der Waals surface area contributed by atoms with Crippen molar-refractivity contribution in [1.29, 1.82) is 0 Å². The number of piperazine rings is 1. The van der Waals surface area contributed by atoms with Gasteiger partial charge in [-0.25, -0.2) is 14.6 Å². The Morgan fingerprint density at radius 1 is 1.08 bits per heavy atom. The highest BCUT2D eigenvalue weighted by molar-refractivity contribution is 5.43. The lowest BCUT2D eigenvalue weighted by molar-refractivity contribution is 0.239. The molecule has 0 bridgehead atoms. The molecule has 0 radical (unpaired) electrons. The number of hydrogen-bond donors (Lipinski definition) is 0. The van der Waals surface area contributed by atoms with Crippen LogP contribution >= 0.6 is 0 Å². The van der Waals surface area contributed by atoms with E-state index < -0.39 is 0 Å². The fourth-order valence-corrected chi connectivity index (χ4v) is 2.78. The molecule has 0 unspecified atom stereocenters. The lowest BCUT2D eigenvalue weighted by Crippen LogP contribution is -2.46. The van der Waals surface area contributed by atoms with Crippen molar-refractivity contribution >= 4 is 5.82 Å². The lowest BCUT2D eigenvalue weighted by Gasteiger charge is -2.34. The van der Waals surface area contributed by atoms with E-state index in [0.29, 0.717) is 6.54 Å². The Labute approximate surface area is 138 Å². The van der Waals surface area contributed by atoms with Gasteiger partial charge in [-0.2, -0.15) is 10.1 Å². The van der Waals surface area contributed by atoms with Crippen molar-refractivity contribution in [3.8, 4) is 5.82 Å². The van der Waals surface area contributed by atoms with Crippen LogP contribution in [0.15, 0.2) is 35.6 Å². The molecule has 0 atom stereocenters. The first-order valence-electron chi connectivity index (χ1n) is 7.85. The van der Waals surface area contributed by atoms with Crippen LogP contribution in [0.25, 0.3) is 5.82 Å². The van der Waals surface area contributed by atoms with Gasteiger partial charge in [0, 0.05) is 38.4 Å². The second kappa shape index (κ2) is 6.36. The molecule has 4 heterocycles. The minimum absolute atomic E-state index is 0.714. The Morgan fingerprint density at radius 2 is 1.92 bits per heavy atom. The second-order valence-corrected chi connectivity index (χ2v) is 5.75. The molecule has 1 fully saturated rings. The standard InChI is InChI=1S/C15H18N8O/c1-12-2-3-23(19-12)15-8-14(16-10-17-15)22-6-4-21(5-7-22)9-13-18-11-24-20-13/h2-3,8,10-11H,4-7,9H2,1H3. The molecule has 1 aliphatic rings. The Bertz CT molecular complexity index is 791. The number of aromatic nitrogens is 6. The molecule has 0 aliphatic carbocycles. The molecule has 9 nitrogen and oxygen atoms in total. The van der Waals surface area contributed by atoms with Gasteiger partial charge < -0.3 is 9.42 Å². The average molecular weight is 326 g/mol. The minimum Gasteiger partial charge on any atom is -0.354 e. The van der Waals surface area contributed by atoms with Gasteiger partial charge in [0.1, 0.15) is 12.1 Å². The Morgan fingerprint density at radius 3 is 2.62 bits per heavy atom. The third-order valence-corrected chi connectivity index (χ3v) is 4.06. The van der Waals surface area contributed by atoms with Crippen LogP contribution in [0.3, 0.4) is 0 Å². The highest BCUT2D eigenvalue weighted by Gasteiger charge is 2.19. The van der Waals surface area contributed by atoms with Gasteiger partial charge in [-0.15, -0.1) is 0 Å². The molecule has 0 amide bonds. The van der Waals surface area contributed by atoms with Gasteiger partial charge in [-0.05, 0) is 13.0 Å². The molecular weight excluding hydrogens is 308 g/mol. The third-order valence-electron chi connectivity index (χ3n) is 4.06. The van der Waals surface area contributed by atoms with Crippen LogP contribution in [0, 0.1) is 6.92 Å². The second-order valence-electron chi connectivity index (χ2n) is 5.75. The number of aryl methyl sites for hydroxylation is 1. The van der Waals surface area contributed by atoms with Crippen molar-refractivity contribution in [2.24, 2.45) is 0 Å². The van der Waals surface area contributed by atoms with E-state index in [4.69, 9.17) is 4.52 Å². The molecule has 1 saturated heterocycles. The summed E-state index contributed by atoms with van der Waals surface area (Å²) in [5.74, 6) is 2.43. The van der Waals surface area contributed by atoms with Crippen molar-refractivity contribution in [1.82, 2.24) is 34.8 Å². The van der Waals surface area contributed by atoms with E-state index in [1.165, 1.54) is 6.39 Å². The van der Waals surface area contributed by atoms with E-state index in [9.17, 15) is 0 Å². The highest BCUT2D eigenvalue weighted by atomic mass is 16.5. The zero-order valence-electron chi connectivity index (χ0n) is 13.4. The molecule has 3 aromatic rings. The number of hydrogen-bond acceptors (Lipinski definition) is 8. The summed E-state index contributed by atoms with van der Waals surface area (Å²) in [4.78, 5) is 17.4. The number of nitrogens with zero attached hydrogens (tertiary/aromatic N) is 8. The van der Waals surface area contributed by atoms with Crippen LogP contribution in [0.2, 0.25) is 0 Å². The van der Waals surface area contributed by atoms with Crippen LogP contribution in [0.4, 0.5) is 5.82 Å². The zero-order chi connectivity index (χ0) is 16.4. The fourth-order valence-electron chi connectivity index (χ4n) is 2.78. The fraction of sp³-hybridized carbons (Fsp3) is 0.400. The van der Waals surface area contributed by atoms with Crippen LogP contribution in [-0.4, -0.2) is 61.0 Å². The number of anilines is 1. The van der Waals surface area contributed by atoms with E-state index in [0.717, 1.165) is 49.3 Å². The Hall–Kier alpha value is -2.81. The van der Waals surface area contributed by atoms with Gasteiger partial charge in [0.15, 0.2) is 11.6 Å². The summed E-state index contributed by atoms with van der Waals surface area (Å²) in [5, 5.41) is 8.26. The molecule has 0 aromatic carbocycles.